The molecule has 2 fully saturated rings. The summed E-state index contributed by atoms with van der Waals surface area (Å²) in [4.78, 5) is 35.1. The zero-order valence-electron chi connectivity index (χ0n) is 16.2. The third-order valence-electron chi connectivity index (χ3n) is 5.46. The maximum Gasteiger partial charge on any atom is 0.251 e. The minimum absolute atomic E-state index is 0. The number of rotatable bonds is 7. The Labute approximate surface area is 172 Å². The van der Waals surface area contributed by atoms with Gasteiger partial charge >= 0.3 is 0 Å². The van der Waals surface area contributed by atoms with E-state index in [0.717, 1.165) is 12.1 Å². The summed E-state index contributed by atoms with van der Waals surface area (Å²) >= 11 is 0. The summed E-state index contributed by atoms with van der Waals surface area (Å²) in [6, 6.07) is 7.85. The van der Waals surface area contributed by atoms with Gasteiger partial charge in [-0.1, -0.05) is 37.8 Å². The van der Waals surface area contributed by atoms with Gasteiger partial charge in [-0.2, -0.15) is 0 Å². The summed E-state index contributed by atoms with van der Waals surface area (Å²) in [5.41, 5.74) is 1.57. The highest BCUT2D eigenvalue weighted by atomic mass is 35.5. The van der Waals surface area contributed by atoms with Crippen LogP contribution >= 0.6 is 12.4 Å². The average molecular weight is 408 g/mol. The first kappa shape index (κ1) is 22.4. The van der Waals surface area contributed by atoms with Gasteiger partial charge in [0.15, 0.2) is 0 Å². The van der Waals surface area contributed by atoms with Gasteiger partial charge in [-0.05, 0) is 37.0 Å². The van der Waals surface area contributed by atoms with Gasteiger partial charge in [0.1, 0.15) is 0 Å². The van der Waals surface area contributed by atoms with E-state index in [0.29, 0.717) is 24.6 Å². The number of imide groups is 1. The molecule has 3 N–H and O–H groups in total. The molecule has 154 valence electrons. The third-order valence-corrected chi connectivity index (χ3v) is 5.46. The first-order valence-corrected chi connectivity index (χ1v) is 10.1. The molecule has 3 rings (SSSR count). The number of halogens is 1. The molecule has 1 heterocycles. The van der Waals surface area contributed by atoms with Crippen LogP contribution in [-0.2, 0) is 16.0 Å². The van der Waals surface area contributed by atoms with Crippen LogP contribution in [0.15, 0.2) is 24.3 Å². The van der Waals surface area contributed by atoms with E-state index in [9.17, 15) is 14.4 Å². The molecular weight excluding hydrogens is 378 g/mol. The molecule has 2 aliphatic rings. The van der Waals surface area contributed by atoms with Crippen LogP contribution in [0.5, 0.6) is 0 Å². The van der Waals surface area contributed by atoms with Crippen molar-refractivity contribution in [3.05, 3.63) is 35.4 Å². The molecular formula is C21H30ClN3O3. The maximum absolute atomic E-state index is 12.3. The van der Waals surface area contributed by atoms with Gasteiger partial charge < -0.3 is 10.6 Å². The normalized spacial score (nSPS) is 20.2. The summed E-state index contributed by atoms with van der Waals surface area (Å²) in [6.07, 6.45) is 8.51. The molecule has 3 amide bonds. The van der Waals surface area contributed by atoms with Crippen LogP contribution < -0.4 is 16.0 Å². The van der Waals surface area contributed by atoms with E-state index < -0.39 is 0 Å². The van der Waals surface area contributed by atoms with E-state index in [1.807, 2.05) is 12.1 Å². The Morgan fingerprint density at radius 3 is 2.29 bits per heavy atom. The van der Waals surface area contributed by atoms with Crippen molar-refractivity contribution < 1.29 is 14.4 Å². The number of carbonyl (C=O) groups excluding carboxylic acids is 3. The minimum Gasteiger partial charge on any atom is -0.351 e. The van der Waals surface area contributed by atoms with E-state index in [-0.39, 0.29) is 42.5 Å². The first-order chi connectivity index (χ1) is 13.1. The molecule has 28 heavy (non-hydrogen) atoms. The van der Waals surface area contributed by atoms with Gasteiger partial charge in [0.05, 0.1) is 5.92 Å². The number of amides is 3. The van der Waals surface area contributed by atoms with Gasteiger partial charge in [-0.3, -0.25) is 19.7 Å². The Balaban J connectivity index is 0.00000280. The van der Waals surface area contributed by atoms with Gasteiger partial charge in [0, 0.05) is 31.1 Å². The smallest absolute Gasteiger partial charge is 0.251 e. The standard InChI is InChI=1S/C21H29N3O3.ClH/c25-19-14-17(21(27)24-19)13-15-7-9-16(10-8-15)20(26)23-12-11-22-18-5-3-1-2-4-6-18;/h7-10,17-18,22H,1-6,11-14H2,(H,23,26)(H,24,25,27);1H. The molecule has 1 atom stereocenters. The molecule has 0 radical (unpaired) electrons. The molecule has 1 aromatic carbocycles. The van der Waals surface area contributed by atoms with Crippen LogP contribution in [0.2, 0.25) is 0 Å². The quantitative estimate of drug-likeness (QED) is 0.368. The molecule has 1 aromatic rings. The monoisotopic (exact) mass is 407 g/mol. The summed E-state index contributed by atoms with van der Waals surface area (Å²) in [6.45, 7) is 1.40. The summed E-state index contributed by atoms with van der Waals surface area (Å²) in [7, 11) is 0. The van der Waals surface area contributed by atoms with Crippen molar-refractivity contribution in [3.8, 4) is 0 Å². The van der Waals surface area contributed by atoms with Crippen molar-refractivity contribution >= 4 is 30.1 Å². The Hall–Kier alpha value is -1.92. The maximum atomic E-state index is 12.3. The number of hydrogen-bond acceptors (Lipinski definition) is 4. The lowest BCUT2D eigenvalue weighted by Crippen LogP contribution is -2.36. The fourth-order valence-electron chi connectivity index (χ4n) is 3.89. The van der Waals surface area contributed by atoms with E-state index >= 15 is 0 Å². The Kier molecular flexibility index (Phi) is 8.93. The second kappa shape index (κ2) is 11.2. The van der Waals surface area contributed by atoms with Crippen molar-refractivity contribution in [3.63, 3.8) is 0 Å². The largest absolute Gasteiger partial charge is 0.351 e. The van der Waals surface area contributed by atoms with Crippen LogP contribution in [-0.4, -0.2) is 36.9 Å². The van der Waals surface area contributed by atoms with Gasteiger partial charge in [-0.25, -0.2) is 0 Å². The summed E-state index contributed by atoms with van der Waals surface area (Å²) in [5.74, 6) is -0.799. The van der Waals surface area contributed by atoms with Crippen molar-refractivity contribution in [1.29, 1.82) is 0 Å². The Morgan fingerprint density at radius 2 is 1.68 bits per heavy atom. The van der Waals surface area contributed by atoms with Gasteiger partial charge in [0.2, 0.25) is 11.8 Å². The van der Waals surface area contributed by atoms with Gasteiger partial charge in [0.25, 0.3) is 5.91 Å². The SMILES string of the molecule is Cl.O=C1CC(Cc2ccc(C(=O)NCCNC3CCCCCC3)cc2)C(=O)N1. The lowest BCUT2D eigenvalue weighted by molar-refractivity contribution is -0.125. The van der Waals surface area contributed by atoms with Crippen molar-refractivity contribution in [1.82, 2.24) is 16.0 Å². The molecule has 6 nitrogen and oxygen atoms in total. The van der Waals surface area contributed by atoms with Crippen LogP contribution in [0.1, 0.15) is 60.9 Å². The Morgan fingerprint density at radius 1 is 1.00 bits per heavy atom. The Bertz CT molecular complexity index is 670. The van der Waals surface area contributed by atoms with Crippen LogP contribution in [0.3, 0.4) is 0 Å². The summed E-state index contributed by atoms with van der Waals surface area (Å²) < 4.78 is 0. The predicted octanol–water partition coefficient (Wildman–Crippen LogP) is 2.36. The highest BCUT2D eigenvalue weighted by molar-refractivity contribution is 6.03. The van der Waals surface area contributed by atoms with Crippen LogP contribution in [0, 0.1) is 5.92 Å². The van der Waals surface area contributed by atoms with Crippen molar-refractivity contribution in [2.75, 3.05) is 13.1 Å². The zero-order valence-corrected chi connectivity index (χ0v) is 17.0. The third kappa shape index (κ3) is 6.60. The highest BCUT2D eigenvalue weighted by Crippen LogP contribution is 2.18. The molecule has 1 unspecified atom stereocenters. The lowest BCUT2D eigenvalue weighted by Gasteiger charge is -2.16. The molecule has 7 heteroatoms. The number of hydrogen-bond donors (Lipinski definition) is 3. The molecule has 1 aliphatic heterocycles. The topological polar surface area (TPSA) is 87.3 Å². The number of nitrogens with one attached hydrogen (secondary N) is 3. The van der Waals surface area contributed by atoms with E-state index in [1.165, 1.54) is 38.5 Å². The van der Waals surface area contributed by atoms with E-state index in [2.05, 4.69) is 16.0 Å². The zero-order chi connectivity index (χ0) is 19.1. The molecule has 0 bridgehead atoms. The molecule has 0 aromatic heterocycles. The fraction of sp³-hybridized carbons (Fsp3) is 0.571. The molecule has 1 aliphatic carbocycles. The number of benzene rings is 1. The summed E-state index contributed by atoms with van der Waals surface area (Å²) in [5, 5.41) is 8.82. The van der Waals surface area contributed by atoms with Crippen molar-refractivity contribution in [2.45, 2.75) is 57.4 Å². The molecule has 0 spiro atoms. The second-order valence-electron chi connectivity index (χ2n) is 7.61. The first-order valence-electron chi connectivity index (χ1n) is 10.1. The highest BCUT2D eigenvalue weighted by Gasteiger charge is 2.30. The molecule has 1 saturated carbocycles. The average Bonchev–Trinajstić information content (AvgIpc) is 2.85. The van der Waals surface area contributed by atoms with Gasteiger partial charge in [-0.15, -0.1) is 12.4 Å². The van der Waals surface area contributed by atoms with Crippen LogP contribution in [0.4, 0.5) is 0 Å². The van der Waals surface area contributed by atoms with Crippen molar-refractivity contribution in [2.24, 2.45) is 5.92 Å². The second-order valence-corrected chi connectivity index (χ2v) is 7.61. The number of carbonyl (C=O) groups is 3. The van der Waals surface area contributed by atoms with Crippen LogP contribution in [0.25, 0.3) is 0 Å². The lowest BCUT2D eigenvalue weighted by atomic mass is 9.97. The van der Waals surface area contributed by atoms with E-state index in [4.69, 9.17) is 0 Å². The molecule has 1 saturated heterocycles. The fourth-order valence-corrected chi connectivity index (χ4v) is 3.89. The minimum atomic E-state index is -0.299. The predicted molar refractivity (Wildman–Crippen MR) is 110 cm³/mol. The van der Waals surface area contributed by atoms with E-state index in [1.54, 1.807) is 12.1 Å².